The molecule has 0 aliphatic heterocycles. The van der Waals surface area contributed by atoms with E-state index in [0.717, 1.165) is 4.68 Å². The Bertz CT molecular complexity index is 1260. The smallest absolute Gasteiger partial charge is 0.349 e. The zero-order valence-electron chi connectivity index (χ0n) is 17.0. The summed E-state index contributed by atoms with van der Waals surface area (Å²) in [7, 11) is 1.41. The van der Waals surface area contributed by atoms with Crippen molar-refractivity contribution in [2.45, 2.75) is 20.0 Å². The van der Waals surface area contributed by atoms with Crippen molar-refractivity contribution in [3.63, 3.8) is 0 Å². The molecule has 0 bridgehead atoms. The molecule has 0 atom stereocenters. The van der Waals surface area contributed by atoms with Crippen molar-refractivity contribution in [3.05, 3.63) is 67.8 Å². The maximum atomic E-state index is 12.6. The lowest BCUT2D eigenvalue weighted by atomic mass is 10.2. The van der Waals surface area contributed by atoms with E-state index < -0.39 is 17.2 Å². The highest BCUT2D eigenvalue weighted by Crippen LogP contribution is 2.36. The van der Waals surface area contributed by atoms with E-state index in [1.165, 1.54) is 19.4 Å². The zero-order valence-corrected chi connectivity index (χ0v) is 17.8. The van der Waals surface area contributed by atoms with Crippen LogP contribution in [0.5, 0.6) is 11.5 Å². The molecule has 0 aliphatic carbocycles. The number of hydrogen-bond donors (Lipinski definition) is 1. The SMILES string of the molecule is COc1cc(C=Nn2c(=O)[nH]c3ccccc3c2=O)cc(Cl)c1OCC(=O)OC(C)C. The van der Waals surface area contributed by atoms with Gasteiger partial charge in [-0.2, -0.15) is 5.10 Å². The standard InChI is InChI=1S/C21H20ClN3O6/c1-12(2)31-18(26)11-30-19-15(22)8-13(9-17(19)29-3)10-23-25-20(27)14-6-4-5-7-16(14)24-21(25)28/h4-10,12H,11H2,1-3H3,(H,24,28). The van der Waals surface area contributed by atoms with E-state index in [1.807, 2.05) is 0 Å². The molecule has 31 heavy (non-hydrogen) atoms. The lowest BCUT2D eigenvalue weighted by molar-refractivity contribution is -0.149. The molecule has 0 aliphatic rings. The van der Waals surface area contributed by atoms with Crippen molar-refractivity contribution in [1.82, 2.24) is 9.66 Å². The fourth-order valence-electron chi connectivity index (χ4n) is 2.76. The molecule has 0 fully saturated rings. The summed E-state index contributed by atoms with van der Waals surface area (Å²) >= 11 is 6.27. The van der Waals surface area contributed by atoms with Crippen LogP contribution in [0.15, 0.2) is 51.1 Å². The van der Waals surface area contributed by atoms with E-state index in [2.05, 4.69) is 10.1 Å². The van der Waals surface area contributed by atoms with Crippen LogP contribution in [0.4, 0.5) is 0 Å². The number of fused-ring (bicyclic) bond motifs is 1. The molecule has 162 valence electrons. The summed E-state index contributed by atoms with van der Waals surface area (Å²) in [5.74, 6) is -0.150. The Morgan fingerprint density at radius 1 is 1.26 bits per heavy atom. The third-order valence-electron chi connectivity index (χ3n) is 4.06. The average molecular weight is 446 g/mol. The van der Waals surface area contributed by atoms with Crippen LogP contribution in [-0.2, 0) is 9.53 Å². The number of nitrogens with one attached hydrogen (secondary N) is 1. The Morgan fingerprint density at radius 3 is 2.71 bits per heavy atom. The molecule has 1 N–H and O–H groups in total. The number of H-pyrrole nitrogens is 1. The first kappa shape index (κ1) is 22.1. The number of rotatable bonds is 7. The molecule has 9 nitrogen and oxygen atoms in total. The van der Waals surface area contributed by atoms with Gasteiger partial charge in [0, 0.05) is 0 Å². The Labute approximate surface area is 181 Å². The summed E-state index contributed by atoms with van der Waals surface area (Å²) in [6.45, 7) is 3.11. The van der Waals surface area contributed by atoms with E-state index in [1.54, 1.807) is 44.2 Å². The molecule has 3 rings (SSSR count). The maximum absolute atomic E-state index is 12.6. The molecule has 2 aromatic carbocycles. The molecule has 0 saturated heterocycles. The number of hydrogen-bond acceptors (Lipinski definition) is 7. The Morgan fingerprint density at radius 2 is 2.00 bits per heavy atom. The second kappa shape index (κ2) is 9.48. The van der Waals surface area contributed by atoms with Gasteiger partial charge in [0.1, 0.15) is 0 Å². The van der Waals surface area contributed by atoms with E-state index in [4.69, 9.17) is 25.8 Å². The van der Waals surface area contributed by atoms with Gasteiger partial charge in [0.05, 0.1) is 35.4 Å². The van der Waals surface area contributed by atoms with Gasteiger partial charge >= 0.3 is 11.7 Å². The van der Waals surface area contributed by atoms with E-state index >= 15 is 0 Å². The molecule has 0 amide bonds. The number of carbonyl (C=O) groups excluding carboxylic acids is 1. The second-order valence-electron chi connectivity index (χ2n) is 6.70. The normalized spacial score (nSPS) is 11.3. The number of benzene rings is 2. The van der Waals surface area contributed by atoms with Crippen molar-refractivity contribution in [2.24, 2.45) is 5.10 Å². The predicted molar refractivity (Wildman–Crippen MR) is 117 cm³/mol. The van der Waals surface area contributed by atoms with Crippen molar-refractivity contribution in [3.8, 4) is 11.5 Å². The highest BCUT2D eigenvalue weighted by molar-refractivity contribution is 6.32. The summed E-state index contributed by atoms with van der Waals surface area (Å²) in [6.07, 6.45) is 1.02. The third kappa shape index (κ3) is 5.13. The number of esters is 1. The largest absolute Gasteiger partial charge is 0.493 e. The maximum Gasteiger partial charge on any atom is 0.349 e. The van der Waals surface area contributed by atoms with Crippen molar-refractivity contribution >= 4 is 34.7 Å². The number of para-hydroxylation sites is 1. The molecule has 1 aromatic heterocycles. The summed E-state index contributed by atoms with van der Waals surface area (Å²) in [6, 6.07) is 9.67. The Hall–Kier alpha value is -3.59. The number of carbonyl (C=O) groups is 1. The topological polar surface area (TPSA) is 112 Å². The molecule has 0 radical (unpaired) electrons. The molecule has 1 heterocycles. The molecular weight excluding hydrogens is 426 g/mol. The number of aromatic nitrogens is 2. The first-order valence-electron chi connectivity index (χ1n) is 9.28. The Kier molecular flexibility index (Phi) is 6.76. The van der Waals surface area contributed by atoms with Crippen molar-refractivity contribution in [1.29, 1.82) is 0 Å². The van der Waals surface area contributed by atoms with Crippen LogP contribution >= 0.6 is 11.6 Å². The molecule has 0 spiro atoms. The summed E-state index contributed by atoms with van der Waals surface area (Å²) in [5.41, 5.74) is -0.372. The lowest BCUT2D eigenvalue weighted by Crippen LogP contribution is -2.32. The van der Waals surface area contributed by atoms with Crippen LogP contribution in [0, 0.1) is 0 Å². The Balaban J connectivity index is 1.89. The van der Waals surface area contributed by atoms with Gasteiger partial charge in [0.25, 0.3) is 5.56 Å². The highest BCUT2D eigenvalue weighted by atomic mass is 35.5. The molecule has 3 aromatic rings. The number of halogens is 1. The molecule has 0 unspecified atom stereocenters. The van der Waals surface area contributed by atoms with Crippen molar-refractivity contribution < 1.29 is 19.0 Å². The van der Waals surface area contributed by atoms with Gasteiger partial charge in [0.2, 0.25) is 0 Å². The van der Waals surface area contributed by atoms with Crippen LogP contribution in [0.3, 0.4) is 0 Å². The van der Waals surface area contributed by atoms with Crippen LogP contribution < -0.4 is 20.7 Å². The number of aromatic amines is 1. The van der Waals surface area contributed by atoms with Gasteiger partial charge in [-0.05, 0) is 43.7 Å². The zero-order chi connectivity index (χ0) is 22.5. The fraction of sp³-hybridized carbons (Fsp3) is 0.238. The second-order valence-corrected chi connectivity index (χ2v) is 7.11. The summed E-state index contributed by atoms with van der Waals surface area (Å²) < 4.78 is 16.5. The van der Waals surface area contributed by atoms with Gasteiger partial charge in [-0.3, -0.25) is 4.79 Å². The summed E-state index contributed by atoms with van der Waals surface area (Å²) in [5, 5.41) is 4.46. The number of ether oxygens (including phenoxy) is 3. The van der Waals surface area contributed by atoms with Gasteiger partial charge in [0.15, 0.2) is 18.1 Å². The first-order chi connectivity index (χ1) is 14.8. The van der Waals surface area contributed by atoms with E-state index in [0.29, 0.717) is 16.5 Å². The summed E-state index contributed by atoms with van der Waals surface area (Å²) in [4.78, 5) is 39.1. The predicted octanol–water partition coefficient (Wildman–Crippen LogP) is 2.56. The molecule has 10 heteroatoms. The minimum absolute atomic E-state index is 0.151. The van der Waals surface area contributed by atoms with Gasteiger partial charge in [-0.25, -0.2) is 9.59 Å². The average Bonchev–Trinajstić information content (AvgIpc) is 2.71. The van der Waals surface area contributed by atoms with Gasteiger partial charge in [-0.15, -0.1) is 4.68 Å². The third-order valence-corrected chi connectivity index (χ3v) is 4.34. The lowest BCUT2D eigenvalue weighted by Gasteiger charge is -2.13. The minimum atomic E-state index is -0.679. The van der Waals surface area contributed by atoms with E-state index in [9.17, 15) is 14.4 Å². The van der Waals surface area contributed by atoms with Crippen LogP contribution in [-0.4, -0.2) is 41.7 Å². The van der Waals surface area contributed by atoms with Gasteiger partial charge < -0.3 is 19.2 Å². The quantitative estimate of drug-likeness (QED) is 0.442. The van der Waals surface area contributed by atoms with Crippen LogP contribution in [0.2, 0.25) is 5.02 Å². The molecule has 0 saturated carbocycles. The van der Waals surface area contributed by atoms with Crippen molar-refractivity contribution in [2.75, 3.05) is 13.7 Å². The van der Waals surface area contributed by atoms with Crippen LogP contribution in [0.25, 0.3) is 10.9 Å². The van der Waals surface area contributed by atoms with E-state index in [-0.39, 0.29) is 29.2 Å². The number of nitrogens with zero attached hydrogens (tertiary/aromatic N) is 2. The monoisotopic (exact) mass is 445 g/mol. The van der Waals surface area contributed by atoms with Gasteiger partial charge in [-0.1, -0.05) is 23.7 Å². The first-order valence-corrected chi connectivity index (χ1v) is 9.66. The van der Waals surface area contributed by atoms with Crippen LogP contribution in [0.1, 0.15) is 19.4 Å². The fourth-order valence-corrected chi connectivity index (χ4v) is 3.04. The minimum Gasteiger partial charge on any atom is -0.493 e. The highest BCUT2D eigenvalue weighted by Gasteiger charge is 2.15. The number of methoxy groups -OCH3 is 1. The molecular formula is C21H20ClN3O6.